The van der Waals surface area contributed by atoms with Gasteiger partial charge in [0.05, 0.1) is 0 Å². The van der Waals surface area contributed by atoms with Crippen molar-refractivity contribution in [3.05, 3.63) is 46.4 Å². The molecule has 2 heterocycles. The molecule has 0 radical (unpaired) electrons. The largest absolute Gasteiger partial charge is 0.477 e. The van der Waals surface area contributed by atoms with E-state index in [4.69, 9.17) is 5.11 Å². The average molecular weight is 248 g/mol. The van der Waals surface area contributed by atoms with Crippen LogP contribution < -0.4 is 5.32 Å². The highest BCUT2D eigenvalue weighted by Crippen LogP contribution is 2.10. The number of aromatic carboxylic acids is 1. The molecule has 2 N–H and O–H groups in total. The molecule has 0 aliphatic carbocycles. The number of rotatable bonds is 5. The van der Waals surface area contributed by atoms with Gasteiger partial charge in [-0.1, -0.05) is 0 Å². The fourth-order valence-corrected chi connectivity index (χ4v) is 2.15. The summed E-state index contributed by atoms with van der Waals surface area (Å²) >= 11 is 1.68. The van der Waals surface area contributed by atoms with E-state index in [9.17, 15) is 4.79 Å². The number of thiophene rings is 1. The predicted molar refractivity (Wildman–Crippen MR) is 67.7 cm³/mol. The Hall–Kier alpha value is -1.88. The third kappa shape index (κ3) is 3.29. The van der Waals surface area contributed by atoms with Crippen molar-refractivity contribution in [3.63, 3.8) is 0 Å². The molecule has 5 heteroatoms. The monoisotopic (exact) mass is 248 g/mol. The Morgan fingerprint density at radius 3 is 3.06 bits per heavy atom. The Morgan fingerprint density at radius 1 is 1.47 bits per heavy atom. The predicted octanol–water partition coefficient (Wildman–Crippen LogP) is 2.50. The third-order valence-electron chi connectivity index (χ3n) is 2.30. The Kier molecular flexibility index (Phi) is 3.72. The maximum atomic E-state index is 10.7. The van der Waals surface area contributed by atoms with E-state index in [-0.39, 0.29) is 5.69 Å². The number of hydrogen-bond donors (Lipinski definition) is 2. The minimum atomic E-state index is -1.01. The first-order valence-corrected chi connectivity index (χ1v) is 6.14. The van der Waals surface area contributed by atoms with Crippen molar-refractivity contribution in [3.8, 4) is 0 Å². The normalized spacial score (nSPS) is 10.1. The number of nitrogens with zero attached hydrogens (tertiary/aromatic N) is 1. The molecule has 0 saturated heterocycles. The molecule has 2 rings (SSSR count). The van der Waals surface area contributed by atoms with Crippen LogP contribution in [-0.2, 0) is 6.42 Å². The summed E-state index contributed by atoms with van der Waals surface area (Å²) in [5.74, 6) is -1.01. The molecule has 0 aromatic carbocycles. The van der Waals surface area contributed by atoms with E-state index >= 15 is 0 Å². The van der Waals surface area contributed by atoms with E-state index in [1.54, 1.807) is 17.4 Å². The van der Waals surface area contributed by atoms with Gasteiger partial charge in [-0.05, 0) is 40.9 Å². The molecule has 0 saturated carbocycles. The number of carbonyl (C=O) groups is 1. The molecule has 0 aliphatic rings. The van der Waals surface area contributed by atoms with Crippen LogP contribution in [0.5, 0.6) is 0 Å². The molecule has 2 aromatic rings. The summed E-state index contributed by atoms with van der Waals surface area (Å²) in [4.78, 5) is 14.5. The van der Waals surface area contributed by atoms with E-state index < -0.39 is 5.97 Å². The minimum absolute atomic E-state index is 0.0607. The summed E-state index contributed by atoms with van der Waals surface area (Å²) in [7, 11) is 0. The number of aromatic nitrogens is 1. The number of nitrogens with one attached hydrogen (secondary N) is 1. The van der Waals surface area contributed by atoms with Crippen LogP contribution >= 0.6 is 11.3 Å². The number of hydrogen-bond acceptors (Lipinski definition) is 4. The maximum absolute atomic E-state index is 10.7. The Bertz CT molecular complexity index is 497. The van der Waals surface area contributed by atoms with Crippen LogP contribution in [0.1, 0.15) is 16.1 Å². The first kappa shape index (κ1) is 11.6. The summed E-state index contributed by atoms with van der Waals surface area (Å²) in [5, 5.41) is 16.1. The van der Waals surface area contributed by atoms with Crippen LogP contribution in [0.25, 0.3) is 0 Å². The van der Waals surface area contributed by atoms with Crippen LogP contribution in [0.4, 0.5) is 5.69 Å². The van der Waals surface area contributed by atoms with E-state index in [1.165, 1.54) is 17.8 Å². The fraction of sp³-hybridized carbons (Fsp3) is 0.167. The lowest BCUT2D eigenvalue weighted by Gasteiger charge is -2.05. The van der Waals surface area contributed by atoms with Crippen molar-refractivity contribution >= 4 is 23.0 Å². The SMILES string of the molecule is O=C(O)c1cc(NCCc2ccsc2)ccn1. The molecule has 4 nitrogen and oxygen atoms in total. The molecule has 0 atom stereocenters. The van der Waals surface area contributed by atoms with E-state index in [1.807, 2.05) is 5.38 Å². The zero-order chi connectivity index (χ0) is 12.1. The second kappa shape index (κ2) is 5.45. The summed E-state index contributed by atoms with van der Waals surface area (Å²) in [6, 6.07) is 5.39. The molecule has 0 amide bonds. The van der Waals surface area contributed by atoms with Crippen molar-refractivity contribution in [2.24, 2.45) is 0 Å². The Balaban J connectivity index is 1.90. The first-order chi connectivity index (χ1) is 8.25. The van der Waals surface area contributed by atoms with Gasteiger partial charge in [0, 0.05) is 18.4 Å². The summed E-state index contributed by atoms with van der Waals surface area (Å²) < 4.78 is 0. The van der Waals surface area contributed by atoms with Gasteiger partial charge in [0.1, 0.15) is 5.69 Å². The molecule has 0 spiro atoms. The van der Waals surface area contributed by atoms with Crippen molar-refractivity contribution in [1.29, 1.82) is 0 Å². The number of carboxylic acid groups (broad SMARTS) is 1. The molecule has 0 unspecified atom stereocenters. The average Bonchev–Trinajstić information content (AvgIpc) is 2.82. The Morgan fingerprint density at radius 2 is 2.35 bits per heavy atom. The van der Waals surface area contributed by atoms with E-state index in [2.05, 4.69) is 21.7 Å². The molecule has 17 heavy (non-hydrogen) atoms. The second-order valence-electron chi connectivity index (χ2n) is 3.54. The van der Waals surface area contributed by atoms with E-state index in [0.717, 1.165) is 18.7 Å². The quantitative estimate of drug-likeness (QED) is 0.853. The van der Waals surface area contributed by atoms with Gasteiger partial charge in [-0.15, -0.1) is 0 Å². The second-order valence-corrected chi connectivity index (χ2v) is 4.32. The lowest BCUT2D eigenvalue weighted by molar-refractivity contribution is 0.0690. The highest BCUT2D eigenvalue weighted by Gasteiger charge is 2.04. The van der Waals surface area contributed by atoms with Crippen molar-refractivity contribution in [2.45, 2.75) is 6.42 Å². The summed E-state index contributed by atoms with van der Waals surface area (Å²) in [6.45, 7) is 0.778. The van der Waals surface area contributed by atoms with Gasteiger partial charge in [0.25, 0.3) is 0 Å². The van der Waals surface area contributed by atoms with Gasteiger partial charge in [-0.3, -0.25) is 0 Å². The third-order valence-corrected chi connectivity index (χ3v) is 3.03. The summed E-state index contributed by atoms with van der Waals surface area (Å²) in [5.41, 5.74) is 2.13. The fourth-order valence-electron chi connectivity index (χ4n) is 1.44. The first-order valence-electron chi connectivity index (χ1n) is 5.20. The van der Waals surface area contributed by atoms with Crippen LogP contribution in [0, 0.1) is 0 Å². The van der Waals surface area contributed by atoms with Gasteiger partial charge in [0.15, 0.2) is 0 Å². The van der Waals surface area contributed by atoms with Crippen LogP contribution in [0.15, 0.2) is 35.2 Å². The zero-order valence-corrected chi connectivity index (χ0v) is 9.91. The molecule has 0 fully saturated rings. The molecule has 0 aliphatic heterocycles. The maximum Gasteiger partial charge on any atom is 0.354 e. The van der Waals surface area contributed by atoms with Gasteiger partial charge < -0.3 is 10.4 Å². The molecule has 88 valence electrons. The molecule has 2 aromatic heterocycles. The van der Waals surface area contributed by atoms with Gasteiger partial charge in [-0.25, -0.2) is 9.78 Å². The van der Waals surface area contributed by atoms with Crippen LogP contribution in [0.2, 0.25) is 0 Å². The summed E-state index contributed by atoms with van der Waals surface area (Å²) in [6.07, 6.45) is 2.42. The molecule has 0 bridgehead atoms. The van der Waals surface area contributed by atoms with Crippen LogP contribution in [-0.4, -0.2) is 22.6 Å². The minimum Gasteiger partial charge on any atom is -0.477 e. The highest BCUT2D eigenvalue weighted by molar-refractivity contribution is 7.07. The van der Waals surface area contributed by atoms with Gasteiger partial charge in [0.2, 0.25) is 0 Å². The van der Waals surface area contributed by atoms with Crippen LogP contribution in [0.3, 0.4) is 0 Å². The zero-order valence-electron chi connectivity index (χ0n) is 9.09. The number of pyridine rings is 1. The standard InChI is InChI=1S/C12H12N2O2S/c15-12(16)11-7-10(2-5-14-11)13-4-1-9-3-6-17-8-9/h2-3,5-8H,1,4H2,(H,13,14)(H,15,16). The molecular formula is C12H12N2O2S. The van der Waals surface area contributed by atoms with Crippen molar-refractivity contribution in [1.82, 2.24) is 4.98 Å². The number of carboxylic acids is 1. The van der Waals surface area contributed by atoms with Crippen molar-refractivity contribution in [2.75, 3.05) is 11.9 Å². The van der Waals surface area contributed by atoms with Gasteiger partial charge in [-0.2, -0.15) is 11.3 Å². The molecular weight excluding hydrogens is 236 g/mol. The van der Waals surface area contributed by atoms with E-state index in [0.29, 0.717) is 0 Å². The smallest absolute Gasteiger partial charge is 0.354 e. The van der Waals surface area contributed by atoms with Gasteiger partial charge >= 0.3 is 5.97 Å². The Labute approximate surface area is 103 Å². The lowest BCUT2D eigenvalue weighted by atomic mass is 10.2. The number of anilines is 1. The lowest BCUT2D eigenvalue weighted by Crippen LogP contribution is -2.06. The van der Waals surface area contributed by atoms with Crippen molar-refractivity contribution < 1.29 is 9.90 Å². The highest BCUT2D eigenvalue weighted by atomic mass is 32.1. The topological polar surface area (TPSA) is 62.2 Å².